The van der Waals surface area contributed by atoms with E-state index >= 15 is 0 Å². The van der Waals surface area contributed by atoms with Crippen molar-refractivity contribution in [3.8, 4) is 5.75 Å². The Morgan fingerprint density at radius 1 is 0.864 bits per heavy atom. The van der Waals surface area contributed by atoms with Crippen LogP contribution in [0.2, 0.25) is 0 Å². The van der Waals surface area contributed by atoms with Gasteiger partial charge in [-0.25, -0.2) is 8.78 Å². The molecule has 0 spiro atoms. The second-order valence-corrected chi connectivity index (χ2v) is 5.57. The molecule has 0 aliphatic carbocycles. The molecular formula is C13H7F5O3S. The SMILES string of the molecule is O=S(=O)(Oc1ccccc1C(F)(F)F)c1c(F)cccc1F. The molecule has 0 fully saturated rings. The zero-order valence-electron chi connectivity index (χ0n) is 10.6. The lowest BCUT2D eigenvalue weighted by Gasteiger charge is -2.13. The Labute approximate surface area is 122 Å². The predicted octanol–water partition coefficient (Wildman–Crippen LogP) is 3.75. The van der Waals surface area contributed by atoms with Gasteiger partial charge in [0.2, 0.25) is 0 Å². The van der Waals surface area contributed by atoms with Crippen molar-refractivity contribution in [2.45, 2.75) is 11.1 Å². The van der Waals surface area contributed by atoms with Crippen molar-refractivity contribution in [2.75, 3.05) is 0 Å². The number of alkyl halides is 3. The number of benzene rings is 2. The van der Waals surface area contributed by atoms with Crippen LogP contribution in [0.1, 0.15) is 5.56 Å². The van der Waals surface area contributed by atoms with E-state index in [2.05, 4.69) is 4.18 Å². The van der Waals surface area contributed by atoms with Gasteiger partial charge in [-0.15, -0.1) is 0 Å². The molecule has 22 heavy (non-hydrogen) atoms. The average Bonchev–Trinajstić information content (AvgIpc) is 2.36. The van der Waals surface area contributed by atoms with E-state index in [0.717, 1.165) is 24.3 Å². The highest BCUT2D eigenvalue weighted by Crippen LogP contribution is 2.37. The summed E-state index contributed by atoms with van der Waals surface area (Å²) in [6.45, 7) is 0. The zero-order chi connectivity index (χ0) is 16.5. The molecule has 2 aromatic carbocycles. The van der Waals surface area contributed by atoms with Crippen molar-refractivity contribution in [2.24, 2.45) is 0 Å². The van der Waals surface area contributed by atoms with Crippen LogP contribution < -0.4 is 4.18 Å². The molecule has 0 bridgehead atoms. The fourth-order valence-corrected chi connectivity index (χ4v) is 2.73. The molecule has 2 aromatic rings. The number of para-hydroxylation sites is 1. The summed E-state index contributed by atoms with van der Waals surface area (Å²) in [5.74, 6) is -4.01. The van der Waals surface area contributed by atoms with Crippen LogP contribution in [-0.2, 0) is 16.3 Å². The van der Waals surface area contributed by atoms with Crippen molar-refractivity contribution < 1.29 is 34.6 Å². The van der Waals surface area contributed by atoms with Crippen LogP contribution in [-0.4, -0.2) is 8.42 Å². The van der Waals surface area contributed by atoms with Gasteiger partial charge in [0, 0.05) is 0 Å². The highest BCUT2D eigenvalue weighted by Gasteiger charge is 2.36. The van der Waals surface area contributed by atoms with Gasteiger partial charge >= 0.3 is 16.3 Å². The van der Waals surface area contributed by atoms with E-state index in [4.69, 9.17) is 0 Å². The van der Waals surface area contributed by atoms with Gasteiger partial charge in [0.05, 0.1) is 5.56 Å². The summed E-state index contributed by atoms with van der Waals surface area (Å²) in [4.78, 5) is -1.45. The monoisotopic (exact) mass is 338 g/mol. The number of rotatable bonds is 3. The molecule has 0 aliphatic heterocycles. The average molecular weight is 338 g/mol. The predicted molar refractivity (Wildman–Crippen MR) is 65.6 cm³/mol. The second kappa shape index (κ2) is 5.56. The molecule has 0 heterocycles. The summed E-state index contributed by atoms with van der Waals surface area (Å²) in [5, 5.41) is 0. The second-order valence-electron chi connectivity index (χ2n) is 4.08. The fraction of sp³-hybridized carbons (Fsp3) is 0.0769. The third-order valence-corrected chi connectivity index (χ3v) is 3.85. The van der Waals surface area contributed by atoms with E-state index in [1.54, 1.807) is 0 Å². The van der Waals surface area contributed by atoms with Crippen LogP contribution in [0, 0.1) is 11.6 Å². The third-order valence-electron chi connectivity index (χ3n) is 2.56. The molecule has 2 rings (SSSR count). The summed E-state index contributed by atoms with van der Waals surface area (Å²) >= 11 is 0. The van der Waals surface area contributed by atoms with Crippen molar-refractivity contribution in [3.05, 3.63) is 59.7 Å². The Morgan fingerprint density at radius 2 is 1.41 bits per heavy atom. The minimum absolute atomic E-state index is 0.586. The topological polar surface area (TPSA) is 43.4 Å². The molecule has 0 amide bonds. The Morgan fingerprint density at radius 3 is 1.95 bits per heavy atom. The van der Waals surface area contributed by atoms with Gasteiger partial charge in [-0.2, -0.15) is 21.6 Å². The zero-order valence-corrected chi connectivity index (χ0v) is 11.4. The molecule has 3 nitrogen and oxygen atoms in total. The first-order valence-electron chi connectivity index (χ1n) is 5.67. The summed E-state index contributed by atoms with van der Waals surface area (Å²) in [6, 6.07) is 5.64. The third kappa shape index (κ3) is 3.19. The van der Waals surface area contributed by atoms with E-state index in [1.165, 1.54) is 0 Å². The normalized spacial score (nSPS) is 12.2. The lowest BCUT2D eigenvalue weighted by atomic mass is 10.2. The molecule has 0 saturated heterocycles. The van der Waals surface area contributed by atoms with Gasteiger partial charge in [-0.05, 0) is 24.3 Å². The van der Waals surface area contributed by atoms with E-state index in [0.29, 0.717) is 18.2 Å². The van der Waals surface area contributed by atoms with Gasteiger partial charge in [0.1, 0.15) is 11.6 Å². The molecule has 118 valence electrons. The van der Waals surface area contributed by atoms with Crippen molar-refractivity contribution in [3.63, 3.8) is 0 Å². The van der Waals surface area contributed by atoms with Crippen LogP contribution in [0.3, 0.4) is 0 Å². The summed E-state index contributed by atoms with van der Waals surface area (Å²) in [6.07, 6.45) is -4.89. The first kappa shape index (κ1) is 16.2. The van der Waals surface area contributed by atoms with E-state index in [-0.39, 0.29) is 0 Å². The molecule has 0 atom stereocenters. The summed E-state index contributed by atoms with van der Waals surface area (Å²) in [7, 11) is -5.11. The molecule has 0 saturated carbocycles. The number of hydrogen-bond donors (Lipinski definition) is 0. The minimum Gasteiger partial charge on any atom is -0.378 e. The largest absolute Gasteiger partial charge is 0.420 e. The Bertz CT molecular complexity index is 779. The van der Waals surface area contributed by atoms with Crippen LogP contribution >= 0.6 is 0 Å². The van der Waals surface area contributed by atoms with Crippen molar-refractivity contribution in [1.29, 1.82) is 0 Å². The Hall–Kier alpha value is -2.16. The fourth-order valence-electron chi connectivity index (χ4n) is 1.65. The molecule has 9 heteroatoms. The molecule has 0 aromatic heterocycles. The smallest absolute Gasteiger partial charge is 0.378 e. The molecule has 0 unspecified atom stereocenters. The van der Waals surface area contributed by atoms with Gasteiger partial charge < -0.3 is 4.18 Å². The highest BCUT2D eigenvalue weighted by atomic mass is 32.2. The van der Waals surface area contributed by atoms with Gasteiger partial charge in [0.25, 0.3) is 0 Å². The van der Waals surface area contributed by atoms with E-state index in [1.807, 2.05) is 0 Å². The van der Waals surface area contributed by atoms with Gasteiger partial charge in [-0.3, -0.25) is 0 Å². The van der Waals surface area contributed by atoms with Crippen molar-refractivity contribution in [1.82, 2.24) is 0 Å². The summed E-state index contributed by atoms with van der Waals surface area (Å²) < 4.78 is 93.2. The van der Waals surface area contributed by atoms with E-state index < -0.39 is 44.1 Å². The maximum atomic E-state index is 13.5. The quantitative estimate of drug-likeness (QED) is 0.632. The van der Waals surface area contributed by atoms with Gasteiger partial charge in [0.15, 0.2) is 10.6 Å². The molecular weight excluding hydrogens is 331 g/mol. The first-order chi connectivity index (χ1) is 10.1. The van der Waals surface area contributed by atoms with Gasteiger partial charge in [-0.1, -0.05) is 18.2 Å². The van der Waals surface area contributed by atoms with Crippen LogP contribution in [0.5, 0.6) is 5.75 Å². The molecule has 0 radical (unpaired) electrons. The standard InChI is InChI=1S/C13H7F5O3S/c14-9-5-3-6-10(15)12(9)22(19,20)21-11-7-2-1-4-8(11)13(16,17)18/h1-7H. The van der Waals surface area contributed by atoms with Crippen LogP contribution in [0.15, 0.2) is 47.4 Å². The van der Waals surface area contributed by atoms with Crippen molar-refractivity contribution >= 4 is 10.1 Å². The maximum Gasteiger partial charge on any atom is 0.420 e. The lowest BCUT2D eigenvalue weighted by Crippen LogP contribution is -2.16. The highest BCUT2D eigenvalue weighted by molar-refractivity contribution is 7.87. The molecule has 0 aliphatic rings. The number of hydrogen-bond acceptors (Lipinski definition) is 3. The Kier molecular flexibility index (Phi) is 4.10. The number of halogens is 5. The molecule has 0 N–H and O–H groups in total. The summed E-state index contributed by atoms with van der Waals surface area (Å²) in [5.41, 5.74) is -1.38. The van der Waals surface area contributed by atoms with Crippen LogP contribution in [0.25, 0.3) is 0 Å². The lowest BCUT2D eigenvalue weighted by molar-refractivity contribution is -0.138. The minimum atomic E-state index is -5.11. The van der Waals surface area contributed by atoms with E-state index in [9.17, 15) is 30.4 Å². The maximum absolute atomic E-state index is 13.5. The van der Waals surface area contributed by atoms with Crippen LogP contribution in [0.4, 0.5) is 22.0 Å². The Balaban J connectivity index is 2.52. The first-order valence-corrected chi connectivity index (χ1v) is 7.08.